The van der Waals surface area contributed by atoms with Crippen LogP contribution >= 0.6 is 0 Å². The normalized spacial score (nSPS) is 21.8. The second-order valence-corrected chi connectivity index (χ2v) is 5.59. The average molecular weight is 291 g/mol. The number of hydrogen-bond donors (Lipinski definition) is 1. The van der Waals surface area contributed by atoms with E-state index < -0.39 is 0 Å². The van der Waals surface area contributed by atoms with Crippen molar-refractivity contribution in [2.24, 2.45) is 0 Å². The molecule has 4 nitrogen and oxygen atoms in total. The Morgan fingerprint density at radius 1 is 1.19 bits per heavy atom. The first-order valence-corrected chi connectivity index (χ1v) is 7.67. The molecule has 0 aliphatic heterocycles. The molecule has 1 saturated carbocycles. The molecule has 4 heteroatoms. The maximum absolute atomic E-state index is 12.1. The Morgan fingerprint density at radius 3 is 2.57 bits per heavy atom. The van der Waals surface area contributed by atoms with E-state index in [2.05, 4.69) is 5.32 Å². The van der Waals surface area contributed by atoms with Crippen molar-refractivity contribution < 1.29 is 14.3 Å². The second kappa shape index (κ2) is 8.03. The molecule has 116 valence electrons. The third kappa shape index (κ3) is 4.74. The van der Waals surface area contributed by atoms with Crippen molar-refractivity contribution in [1.29, 1.82) is 0 Å². The van der Waals surface area contributed by atoms with E-state index in [1.807, 2.05) is 24.3 Å². The van der Waals surface area contributed by atoms with Gasteiger partial charge in [0.2, 0.25) is 5.91 Å². The van der Waals surface area contributed by atoms with Gasteiger partial charge in [-0.15, -0.1) is 0 Å². The number of carbonyl (C=O) groups is 1. The predicted octanol–water partition coefficient (Wildman–Crippen LogP) is 2.70. The minimum atomic E-state index is 0.127. The highest BCUT2D eigenvalue weighted by atomic mass is 16.5. The zero-order valence-electron chi connectivity index (χ0n) is 12.9. The van der Waals surface area contributed by atoms with Crippen LogP contribution in [-0.4, -0.2) is 32.3 Å². The molecule has 1 aliphatic rings. The van der Waals surface area contributed by atoms with E-state index in [4.69, 9.17) is 9.47 Å². The van der Waals surface area contributed by atoms with Crippen molar-refractivity contribution in [3.8, 4) is 5.75 Å². The summed E-state index contributed by atoms with van der Waals surface area (Å²) in [5.41, 5.74) is 1.08. The molecule has 0 heterocycles. The van der Waals surface area contributed by atoms with Crippen molar-refractivity contribution in [2.75, 3.05) is 14.2 Å². The number of methoxy groups -OCH3 is 2. The summed E-state index contributed by atoms with van der Waals surface area (Å²) < 4.78 is 10.7. The summed E-state index contributed by atoms with van der Waals surface area (Å²) in [5.74, 6) is 0.979. The molecule has 0 saturated heterocycles. The zero-order chi connectivity index (χ0) is 15.1. The highest BCUT2D eigenvalue weighted by Gasteiger charge is 2.21. The maximum Gasteiger partial charge on any atom is 0.220 e. The van der Waals surface area contributed by atoms with E-state index >= 15 is 0 Å². The molecule has 1 fully saturated rings. The van der Waals surface area contributed by atoms with Crippen molar-refractivity contribution in [1.82, 2.24) is 5.32 Å². The zero-order valence-corrected chi connectivity index (χ0v) is 12.9. The summed E-state index contributed by atoms with van der Waals surface area (Å²) in [7, 11) is 3.42. The Kier molecular flexibility index (Phi) is 6.05. The van der Waals surface area contributed by atoms with Crippen LogP contribution in [-0.2, 0) is 16.0 Å². The van der Waals surface area contributed by atoms with Crippen LogP contribution in [0.5, 0.6) is 5.75 Å². The molecule has 0 radical (unpaired) electrons. The first-order chi connectivity index (χ1) is 10.2. The molecule has 1 amide bonds. The largest absolute Gasteiger partial charge is 0.496 e. The van der Waals surface area contributed by atoms with E-state index in [0.29, 0.717) is 25.0 Å². The standard InChI is InChI=1S/C17H25NO3/c1-20-15-10-8-14(9-11-15)18-17(19)12-7-13-5-3-4-6-16(13)21-2/h3-6,14-15H,7-12H2,1-2H3,(H,18,19). The van der Waals surface area contributed by atoms with Crippen LogP contribution in [0.3, 0.4) is 0 Å². The first-order valence-electron chi connectivity index (χ1n) is 7.67. The quantitative estimate of drug-likeness (QED) is 0.876. The molecule has 1 aromatic rings. The lowest BCUT2D eigenvalue weighted by molar-refractivity contribution is -0.122. The van der Waals surface area contributed by atoms with Gasteiger partial charge in [0.05, 0.1) is 13.2 Å². The molecule has 0 spiro atoms. The molecule has 0 aromatic heterocycles. The van der Waals surface area contributed by atoms with Gasteiger partial charge >= 0.3 is 0 Å². The van der Waals surface area contributed by atoms with Crippen molar-refractivity contribution in [3.05, 3.63) is 29.8 Å². The van der Waals surface area contributed by atoms with Gasteiger partial charge in [0.15, 0.2) is 0 Å². The van der Waals surface area contributed by atoms with E-state index in [9.17, 15) is 4.79 Å². The summed E-state index contributed by atoms with van der Waals surface area (Å²) in [6.07, 6.45) is 5.68. The van der Waals surface area contributed by atoms with Gasteiger partial charge in [-0.25, -0.2) is 0 Å². The third-order valence-corrected chi connectivity index (χ3v) is 4.19. The number of aryl methyl sites for hydroxylation is 1. The third-order valence-electron chi connectivity index (χ3n) is 4.19. The lowest BCUT2D eigenvalue weighted by Gasteiger charge is -2.28. The van der Waals surface area contributed by atoms with Gasteiger partial charge in [-0.05, 0) is 43.7 Å². The summed E-state index contributed by atoms with van der Waals surface area (Å²) in [4.78, 5) is 12.1. The van der Waals surface area contributed by atoms with Gasteiger partial charge in [-0.1, -0.05) is 18.2 Å². The van der Waals surface area contributed by atoms with Crippen LogP contribution in [0.2, 0.25) is 0 Å². The number of benzene rings is 1. The summed E-state index contributed by atoms with van der Waals surface area (Å²) in [6, 6.07) is 8.16. The van der Waals surface area contributed by atoms with Gasteiger partial charge in [-0.2, -0.15) is 0 Å². The van der Waals surface area contributed by atoms with Crippen LogP contribution in [0.25, 0.3) is 0 Å². The molecule has 21 heavy (non-hydrogen) atoms. The molecular weight excluding hydrogens is 266 g/mol. The molecule has 2 rings (SSSR count). The Morgan fingerprint density at radius 2 is 1.90 bits per heavy atom. The molecule has 1 N–H and O–H groups in total. The van der Waals surface area contributed by atoms with Gasteiger partial charge < -0.3 is 14.8 Å². The van der Waals surface area contributed by atoms with E-state index in [0.717, 1.165) is 37.0 Å². The molecule has 1 aromatic carbocycles. The minimum Gasteiger partial charge on any atom is -0.496 e. The molecule has 0 unspecified atom stereocenters. The number of hydrogen-bond acceptors (Lipinski definition) is 3. The highest BCUT2D eigenvalue weighted by molar-refractivity contribution is 5.76. The fourth-order valence-corrected chi connectivity index (χ4v) is 2.90. The Labute approximate surface area is 126 Å². The average Bonchev–Trinajstić information content (AvgIpc) is 2.54. The minimum absolute atomic E-state index is 0.127. The van der Waals surface area contributed by atoms with E-state index in [1.165, 1.54) is 0 Å². The summed E-state index contributed by atoms with van der Waals surface area (Å²) >= 11 is 0. The van der Waals surface area contributed by atoms with E-state index in [1.54, 1.807) is 14.2 Å². The number of carbonyl (C=O) groups excluding carboxylic acids is 1. The van der Waals surface area contributed by atoms with Crippen molar-refractivity contribution in [3.63, 3.8) is 0 Å². The fraction of sp³-hybridized carbons (Fsp3) is 0.588. The smallest absolute Gasteiger partial charge is 0.220 e. The van der Waals surface area contributed by atoms with Crippen molar-refractivity contribution >= 4 is 5.91 Å². The van der Waals surface area contributed by atoms with Gasteiger partial charge in [0.1, 0.15) is 5.75 Å². The summed E-state index contributed by atoms with van der Waals surface area (Å²) in [6.45, 7) is 0. The van der Waals surface area contributed by atoms with Crippen LogP contribution < -0.4 is 10.1 Å². The number of rotatable bonds is 6. The Hall–Kier alpha value is -1.55. The van der Waals surface area contributed by atoms with Crippen LogP contribution in [0, 0.1) is 0 Å². The number of para-hydroxylation sites is 1. The molecule has 0 bridgehead atoms. The Bertz CT molecular complexity index is 453. The van der Waals surface area contributed by atoms with E-state index in [-0.39, 0.29) is 5.91 Å². The topological polar surface area (TPSA) is 47.6 Å². The summed E-state index contributed by atoms with van der Waals surface area (Å²) in [5, 5.41) is 3.14. The lowest BCUT2D eigenvalue weighted by Crippen LogP contribution is -2.39. The SMILES string of the molecule is COc1ccccc1CCC(=O)NC1CCC(OC)CC1. The van der Waals surface area contributed by atoms with Gasteiger partial charge in [0, 0.05) is 19.6 Å². The fourth-order valence-electron chi connectivity index (χ4n) is 2.90. The van der Waals surface area contributed by atoms with Gasteiger partial charge in [0.25, 0.3) is 0 Å². The second-order valence-electron chi connectivity index (χ2n) is 5.59. The van der Waals surface area contributed by atoms with Gasteiger partial charge in [-0.3, -0.25) is 4.79 Å². The van der Waals surface area contributed by atoms with Crippen LogP contribution in [0.4, 0.5) is 0 Å². The highest BCUT2D eigenvalue weighted by Crippen LogP contribution is 2.21. The molecular formula is C17H25NO3. The van der Waals surface area contributed by atoms with Crippen LogP contribution in [0.15, 0.2) is 24.3 Å². The maximum atomic E-state index is 12.1. The van der Waals surface area contributed by atoms with Crippen LogP contribution in [0.1, 0.15) is 37.7 Å². The number of amides is 1. The number of ether oxygens (including phenoxy) is 2. The Balaban J connectivity index is 1.75. The predicted molar refractivity (Wildman–Crippen MR) is 82.5 cm³/mol. The number of nitrogens with one attached hydrogen (secondary N) is 1. The molecule has 0 atom stereocenters. The van der Waals surface area contributed by atoms with Crippen molar-refractivity contribution in [2.45, 2.75) is 50.7 Å². The molecule has 1 aliphatic carbocycles. The lowest BCUT2D eigenvalue weighted by atomic mass is 9.93. The first kappa shape index (κ1) is 15.8. The monoisotopic (exact) mass is 291 g/mol.